The first-order valence-corrected chi connectivity index (χ1v) is 2.89. The summed E-state index contributed by atoms with van der Waals surface area (Å²) in [6.45, 7) is 1.78. The molecule has 0 aliphatic heterocycles. The highest BCUT2D eigenvalue weighted by atomic mass is 16.5. The van der Waals surface area contributed by atoms with Gasteiger partial charge in [-0.15, -0.1) is 0 Å². The second-order valence-corrected chi connectivity index (χ2v) is 1.75. The lowest BCUT2D eigenvalue weighted by Gasteiger charge is -2.03. The molecule has 58 valence electrons. The number of rotatable bonds is 4. The predicted octanol–water partition coefficient (Wildman–Crippen LogP) is -0.0515. The van der Waals surface area contributed by atoms with Gasteiger partial charge in [0.2, 0.25) is 0 Å². The molecule has 0 saturated heterocycles. The highest BCUT2D eigenvalue weighted by Gasteiger charge is 2.09. The van der Waals surface area contributed by atoms with Crippen LogP contribution >= 0.6 is 0 Å². The van der Waals surface area contributed by atoms with Crippen LogP contribution in [0.4, 0.5) is 0 Å². The zero-order chi connectivity index (χ0) is 7.98. The van der Waals surface area contributed by atoms with Crippen LogP contribution in [-0.4, -0.2) is 23.7 Å². The van der Waals surface area contributed by atoms with Crippen LogP contribution in [0.2, 0.25) is 0 Å². The highest BCUT2D eigenvalue weighted by Crippen LogP contribution is 1.82. The molecule has 0 aromatic carbocycles. The maximum absolute atomic E-state index is 10.1. The first-order chi connectivity index (χ1) is 4.68. The average molecular weight is 145 g/mol. The molecule has 0 radical (unpaired) electrons. The molecule has 0 aliphatic carbocycles. The number of hydrogen-bond acceptors (Lipinski definition) is 3. The van der Waals surface area contributed by atoms with Gasteiger partial charge in [-0.3, -0.25) is 4.79 Å². The molecule has 0 heterocycles. The molecule has 0 aromatic heterocycles. The summed E-state index contributed by atoms with van der Waals surface area (Å²) in [4.78, 5) is 10.1. The Kier molecular flexibility index (Phi) is 4.32. The summed E-state index contributed by atoms with van der Waals surface area (Å²) in [6, 6.07) is -0.934. The first kappa shape index (κ1) is 8.97. The van der Waals surface area contributed by atoms with Crippen LogP contribution in [0.25, 0.3) is 0 Å². The van der Waals surface area contributed by atoms with Gasteiger partial charge in [0.05, 0.1) is 6.26 Å². The van der Waals surface area contributed by atoms with E-state index in [1.807, 2.05) is 0 Å². The van der Waals surface area contributed by atoms with Gasteiger partial charge in [0.1, 0.15) is 12.6 Å². The van der Waals surface area contributed by atoms with Crippen LogP contribution in [0.1, 0.15) is 6.92 Å². The molecule has 0 aliphatic rings. The quantitative estimate of drug-likeness (QED) is 0.544. The SMILES string of the molecule is CC=COC[C@H](N)C(=O)O. The van der Waals surface area contributed by atoms with Gasteiger partial charge in [0.25, 0.3) is 0 Å². The van der Waals surface area contributed by atoms with E-state index in [-0.39, 0.29) is 6.61 Å². The smallest absolute Gasteiger partial charge is 0.324 e. The van der Waals surface area contributed by atoms with Crippen molar-refractivity contribution >= 4 is 5.97 Å². The maximum atomic E-state index is 10.1. The summed E-state index contributed by atoms with van der Waals surface area (Å²) >= 11 is 0. The van der Waals surface area contributed by atoms with Crippen molar-refractivity contribution in [3.05, 3.63) is 12.3 Å². The van der Waals surface area contributed by atoms with E-state index in [1.165, 1.54) is 6.26 Å². The Morgan fingerprint density at radius 3 is 2.90 bits per heavy atom. The van der Waals surface area contributed by atoms with E-state index in [1.54, 1.807) is 13.0 Å². The lowest BCUT2D eigenvalue weighted by atomic mass is 10.3. The van der Waals surface area contributed by atoms with Crippen molar-refractivity contribution < 1.29 is 14.6 Å². The summed E-state index contributed by atoms with van der Waals surface area (Å²) in [5.41, 5.74) is 5.10. The fourth-order valence-corrected chi connectivity index (χ4v) is 0.327. The molecule has 0 aromatic rings. The Morgan fingerprint density at radius 2 is 2.50 bits per heavy atom. The number of carbonyl (C=O) groups is 1. The van der Waals surface area contributed by atoms with Gasteiger partial charge < -0.3 is 15.6 Å². The number of nitrogens with two attached hydrogens (primary N) is 1. The fourth-order valence-electron chi connectivity index (χ4n) is 0.327. The molecular weight excluding hydrogens is 134 g/mol. The Morgan fingerprint density at radius 1 is 1.90 bits per heavy atom. The van der Waals surface area contributed by atoms with Gasteiger partial charge in [-0.2, -0.15) is 0 Å². The number of aliphatic carboxylic acids is 1. The molecule has 0 fully saturated rings. The van der Waals surface area contributed by atoms with Crippen LogP contribution < -0.4 is 5.73 Å². The molecule has 4 heteroatoms. The Balaban J connectivity index is 3.39. The number of ether oxygens (including phenoxy) is 1. The van der Waals surface area contributed by atoms with Gasteiger partial charge in [-0.25, -0.2) is 0 Å². The largest absolute Gasteiger partial charge is 0.499 e. The third kappa shape index (κ3) is 3.91. The Labute approximate surface area is 59.3 Å². The van der Waals surface area contributed by atoms with Crippen molar-refractivity contribution in [1.29, 1.82) is 0 Å². The van der Waals surface area contributed by atoms with E-state index in [9.17, 15) is 4.79 Å². The fraction of sp³-hybridized carbons (Fsp3) is 0.500. The summed E-state index contributed by atoms with van der Waals surface area (Å²) < 4.78 is 4.72. The van der Waals surface area contributed by atoms with Gasteiger partial charge >= 0.3 is 5.97 Å². The molecular formula is C6H11NO3. The van der Waals surface area contributed by atoms with E-state index in [2.05, 4.69) is 0 Å². The standard InChI is InChI=1S/C6H11NO3/c1-2-3-10-4-5(7)6(8)9/h2-3,5H,4,7H2,1H3,(H,8,9)/t5-/m0/s1. The van der Waals surface area contributed by atoms with Gasteiger partial charge in [0.15, 0.2) is 0 Å². The predicted molar refractivity (Wildman–Crippen MR) is 36.4 cm³/mol. The number of carboxylic acids is 1. The molecule has 0 bridgehead atoms. The maximum Gasteiger partial charge on any atom is 0.324 e. The second kappa shape index (κ2) is 4.81. The normalized spacial score (nSPS) is 13.4. The zero-order valence-corrected chi connectivity index (χ0v) is 5.78. The minimum atomic E-state index is -1.05. The molecule has 4 nitrogen and oxygen atoms in total. The molecule has 10 heavy (non-hydrogen) atoms. The molecule has 1 atom stereocenters. The van der Waals surface area contributed by atoms with Crippen LogP contribution in [-0.2, 0) is 9.53 Å². The summed E-state index contributed by atoms with van der Waals surface area (Å²) in [6.07, 6.45) is 3.07. The number of carboxylic acid groups (broad SMARTS) is 1. The van der Waals surface area contributed by atoms with E-state index in [0.29, 0.717) is 0 Å². The minimum Gasteiger partial charge on any atom is -0.499 e. The lowest BCUT2D eigenvalue weighted by molar-refractivity contribution is -0.139. The lowest BCUT2D eigenvalue weighted by Crippen LogP contribution is -2.34. The highest BCUT2D eigenvalue weighted by molar-refractivity contribution is 5.73. The zero-order valence-electron chi connectivity index (χ0n) is 5.78. The van der Waals surface area contributed by atoms with Crippen molar-refractivity contribution in [3.63, 3.8) is 0 Å². The molecule has 0 spiro atoms. The number of allylic oxidation sites excluding steroid dienone is 1. The average Bonchev–Trinajstić information content (AvgIpc) is 1.88. The summed E-state index contributed by atoms with van der Waals surface area (Å²) in [5.74, 6) is -1.05. The van der Waals surface area contributed by atoms with Crippen molar-refractivity contribution in [2.24, 2.45) is 5.73 Å². The Hall–Kier alpha value is -1.03. The first-order valence-electron chi connectivity index (χ1n) is 2.89. The molecule has 0 saturated carbocycles. The van der Waals surface area contributed by atoms with Crippen LogP contribution in [0.5, 0.6) is 0 Å². The molecule has 0 rings (SSSR count). The van der Waals surface area contributed by atoms with E-state index in [4.69, 9.17) is 15.6 Å². The van der Waals surface area contributed by atoms with Crippen molar-refractivity contribution in [2.75, 3.05) is 6.61 Å². The third-order valence-electron chi connectivity index (χ3n) is 0.825. The van der Waals surface area contributed by atoms with Crippen LogP contribution in [0.3, 0.4) is 0 Å². The van der Waals surface area contributed by atoms with Gasteiger partial charge in [0, 0.05) is 0 Å². The third-order valence-corrected chi connectivity index (χ3v) is 0.825. The second-order valence-electron chi connectivity index (χ2n) is 1.75. The molecule has 0 unspecified atom stereocenters. The minimum absolute atomic E-state index is 0.0136. The van der Waals surface area contributed by atoms with E-state index in [0.717, 1.165) is 0 Å². The molecule has 3 N–H and O–H groups in total. The van der Waals surface area contributed by atoms with Crippen LogP contribution in [0.15, 0.2) is 12.3 Å². The van der Waals surface area contributed by atoms with Gasteiger partial charge in [-0.1, -0.05) is 6.08 Å². The topological polar surface area (TPSA) is 72.5 Å². The van der Waals surface area contributed by atoms with E-state index >= 15 is 0 Å². The summed E-state index contributed by atoms with van der Waals surface area (Å²) in [5, 5.41) is 8.25. The summed E-state index contributed by atoms with van der Waals surface area (Å²) in [7, 11) is 0. The monoisotopic (exact) mass is 145 g/mol. The van der Waals surface area contributed by atoms with Crippen LogP contribution in [0, 0.1) is 0 Å². The Bertz CT molecular complexity index is 133. The number of hydrogen-bond donors (Lipinski definition) is 2. The van der Waals surface area contributed by atoms with Crippen molar-refractivity contribution in [3.8, 4) is 0 Å². The van der Waals surface area contributed by atoms with Crippen molar-refractivity contribution in [2.45, 2.75) is 13.0 Å². The van der Waals surface area contributed by atoms with Gasteiger partial charge in [-0.05, 0) is 6.92 Å². The van der Waals surface area contributed by atoms with Crippen molar-refractivity contribution in [1.82, 2.24) is 0 Å². The molecule has 0 amide bonds. The van der Waals surface area contributed by atoms with E-state index < -0.39 is 12.0 Å².